The van der Waals surface area contributed by atoms with E-state index < -0.39 is 10.0 Å². The molecule has 0 saturated carbocycles. The van der Waals surface area contributed by atoms with Crippen LogP contribution in [0.5, 0.6) is 0 Å². The van der Waals surface area contributed by atoms with E-state index in [4.69, 9.17) is 4.42 Å². The Morgan fingerprint density at radius 2 is 1.92 bits per heavy atom. The van der Waals surface area contributed by atoms with Crippen molar-refractivity contribution < 1.29 is 17.6 Å². The van der Waals surface area contributed by atoms with Crippen molar-refractivity contribution in [3.05, 3.63) is 53.6 Å². The molecule has 1 amide bonds. The Balaban J connectivity index is 1.89. The number of nitrogens with one attached hydrogen (secondary N) is 1. The smallest absolute Gasteiger partial charge is 0.268 e. The van der Waals surface area contributed by atoms with Gasteiger partial charge in [0, 0.05) is 32.0 Å². The summed E-state index contributed by atoms with van der Waals surface area (Å²) >= 11 is 0. The number of rotatable bonds is 5. The van der Waals surface area contributed by atoms with E-state index in [9.17, 15) is 13.2 Å². The number of amides is 1. The molecule has 0 spiro atoms. The zero-order valence-electron chi connectivity index (χ0n) is 15.1. The van der Waals surface area contributed by atoms with Crippen LogP contribution in [-0.2, 0) is 23.6 Å². The predicted molar refractivity (Wildman–Crippen MR) is 98.4 cm³/mol. The van der Waals surface area contributed by atoms with E-state index in [-0.39, 0.29) is 17.3 Å². The molecule has 0 fully saturated rings. The number of carbonyl (C=O) groups is 1. The molecule has 0 unspecified atom stereocenters. The first-order chi connectivity index (χ1) is 12.2. The topological polar surface area (TPSA) is 84.5 Å². The van der Waals surface area contributed by atoms with Crippen molar-refractivity contribution in [3.63, 3.8) is 0 Å². The van der Waals surface area contributed by atoms with Crippen molar-refractivity contribution in [2.75, 3.05) is 14.1 Å². The van der Waals surface area contributed by atoms with Gasteiger partial charge in [0.15, 0.2) is 0 Å². The summed E-state index contributed by atoms with van der Waals surface area (Å²) in [5.41, 5.74) is 1.23. The molecular weight excluding hydrogens is 354 g/mol. The Hall–Kier alpha value is -2.58. The highest BCUT2D eigenvalue weighted by Gasteiger charge is 2.20. The van der Waals surface area contributed by atoms with Gasteiger partial charge in [0.2, 0.25) is 10.0 Å². The minimum atomic E-state index is -3.53. The lowest BCUT2D eigenvalue weighted by Gasteiger charge is -2.11. The third-order valence-corrected chi connectivity index (χ3v) is 6.06. The van der Waals surface area contributed by atoms with E-state index >= 15 is 0 Å². The van der Waals surface area contributed by atoms with Crippen LogP contribution in [0.25, 0.3) is 10.9 Å². The van der Waals surface area contributed by atoms with Crippen LogP contribution in [0.3, 0.4) is 0 Å². The maximum Gasteiger partial charge on any atom is 0.268 e. The number of hydrogen-bond acceptors (Lipinski definition) is 4. The van der Waals surface area contributed by atoms with Gasteiger partial charge in [-0.1, -0.05) is 0 Å². The van der Waals surface area contributed by atoms with Gasteiger partial charge >= 0.3 is 0 Å². The first-order valence-electron chi connectivity index (χ1n) is 8.05. The van der Waals surface area contributed by atoms with Crippen molar-refractivity contribution >= 4 is 26.8 Å². The summed E-state index contributed by atoms with van der Waals surface area (Å²) < 4.78 is 32.9. The molecule has 138 valence electrons. The molecule has 0 aliphatic heterocycles. The number of fused-ring (bicyclic) bond motifs is 1. The number of hydrogen-bond donors (Lipinski definition) is 1. The van der Waals surface area contributed by atoms with Gasteiger partial charge in [-0.3, -0.25) is 4.79 Å². The van der Waals surface area contributed by atoms with Crippen molar-refractivity contribution in [2.45, 2.75) is 18.4 Å². The second-order valence-corrected chi connectivity index (χ2v) is 8.44. The maximum absolute atomic E-state index is 12.5. The summed E-state index contributed by atoms with van der Waals surface area (Å²) in [6, 6.07) is 10.2. The molecule has 1 N–H and O–H groups in total. The normalized spacial score (nSPS) is 12.0. The molecular formula is C18H21N3O4S. The average Bonchev–Trinajstić information content (AvgIpc) is 3.15. The fourth-order valence-corrected chi connectivity index (χ4v) is 3.69. The average molecular weight is 375 g/mol. The zero-order chi connectivity index (χ0) is 19.1. The highest BCUT2D eigenvalue weighted by Crippen LogP contribution is 2.24. The van der Waals surface area contributed by atoms with E-state index in [1.165, 1.54) is 14.1 Å². The molecule has 0 aliphatic rings. The third kappa shape index (κ3) is 3.25. The number of furan rings is 1. The quantitative estimate of drug-likeness (QED) is 0.741. The number of benzene rings is 1. The van der Waals surface area contributed by atoms with Crippen molar-refractivity contribution in [1.29, 1.82) is 0 Å². The fraction of sp³-hybridized carbons (Fsp3) is 0.278. The molecule has 0 atom stereocenters. The van der Waals surface area contributed by atoms with Gasteiger partial charge in [-0.05, 0) is 43.3 Å². The standard InChI is InChI=1S/C18H21N3O4S/c1-12-5-6-14(25-12)11-19-18(22)17-10-13-9-15(26(23,24)20(2)3)7-8-16(13)21(17)4/h5-10H,11H2,1-4H3,(H,19,22). The van der Waals surface area contributed by atoms with E-state index in [2.05, 4.69) is 5.32 Å². The Bertz CT molecular complexity index is 1080. The van der Waals surface area contributed by atoms with E-state index in [1.54, 1.807) is 35.9 Å². The monoisotopic (exact) mass is 375 g/mol. The summed E-state index contributed by atoms with van der Waals surface area (Å²) in [6.07, 6.45) is 0. The van der Waals surface area contributed by atoms with Crippen molar-refractivity contribution in [1.82, 2.24) is 14.2 Å². The highest BCUT2D eigenvalue weighted by molar-refractivity contribution is 7.89. The van der Waals surface area contributed by atoms with Crippen molar-refractivity contribution in [2.24, 2.45) is 7.05 Å². The number of aromatic nitrogens is 1. The van der Waals surface area contributed by atoms with Gasteiger partial charge in [-0.2, -0.15) is 0 Å². The lowest BCUT2D eigenvalue weighted by Crippen LogP contribution is -2.24. The second kappa shape index (κ2) is 6.62. The number of nitrogens with zero attached hydrogens (tertiary/aromatic N) is 2. The summed E-state index contributed by atoms with van der Waals surface area (Å²) in [5.74, 6) is 1.21. The van der Waals surface area contributed by atoms with Crippen LogP contribution in [0.4, 0.5) is 0 Å². The summed E-state index contributed by atoms with van der Waals surface area (Å²) in [4.78, 5) is 12.7. The summed E-state index contributed by atoms with van der Waals surface area (Å²) in [5, 5.41) is 3.50. The van der Waals surface area contributed by atoms with Crippen LogP contribution in [0.2, 0.25) is 0 Å². The van der Waals surface area contributed by atoms with Gasteiger partial charge in [0.25, 0.3) is 5.91 Å². The van der Waals surface area contributed by atoms with Gasteiger partial charge in [0.1, 0.15) is 17.2 Å². The number of sulfonamides is 1. The molecule has 2 heterocycles. The molecule has 1 aromatic carbocycles. The molecule has 3 aromatic rings. The molecule has 3 rings (SSSR count). The Kier molecular flexibility index (Phi) is 4.64. The van der Waals surface area contributed by atoms with Crippen LogP contribution >= 0.6 is 0 Å². The van der Waals surface area contributed by atoms with Gasteiger partial charge in [0.05, 0.1) is 11.4 Å². The van der Waals surface area contributed by atoms with Crippen LogP contribution in [0.15, 0.2) is 45.7 Å². The third-order valence-electron chi connectivity index (χ3n) is 4.24. The van der Waals surface area contributed by atoms with Gasteiger partial charge in [-0.25, -0.2) is 12.7 Å². The Morgan fingerprint density at radius 3 is 2.54 bits per heavy atom. The molecule has 8 heteroatoms. The minimum absolute atomic E-state index is 0.193. The Labute approximate surface area is 152 Å². The van der Waals surface area contributed by atoms with Crippen LogP contribution in [0, 0.1) is 6.92 Å². The second-order valence-electron chi connectivity index (χ2n) is 6.29. The lowest BCUT2D eigenvalue weighted by atomic mass is 10.2. The molecule has 26 heavy (non-hydrogen) atoms. The fourth-order valence-electron chi connectivity index (χ4n) is 2.75. The number of aryl methyl sites for hydroxylation is 2. The van der Waals surface area contributed by atoms with Gasteiger partial charge < -0.3 is 14.3 Å². The van der Waals surface area contributed by atoms with Crippen LogP contribution in [-0.4, -0.2) is 37.3 Å². The first kappa shape index (κ1) is 18.2. The SMILES string of the molecule is Cc1ccc(CNC(=O)c2cc3cc(S(=O)(=O)N(C)C)ccc3n2C)o1. The summed E-state index contributed by atoms with van der Waals surface area (Å²) in [7, 11) is 1.22. The van der Waals surface area contributed by atoms with Crippen molar-refractivity contribution in [3.8, 4) is 0 Å². The van der Waals surface area contributed by atoms with E-state index in [0.717, 1.165) is 15.6 Å². The predicted octanol–water partition coefficient (Wildman–Crippen LogP) is 2.26. The Morgan fingerprint density at radius 1 is 1.19 bits per heavy atom. The molecule has 0 radical (unpaired) electrons. The van der Waals surface area contributed by atoms with Crippen LogP contribution in [0.1, 0.15) is 22.0 Å². The number of carbonyl (C=O) groups excluding carboxylic acids is 1. The molecule has 2 aromatic heterocycles. The van der Waals surface area contributed by atoms with E-state index in [0.29, 0.717) is 16.8 Å². The molecule has 0 aliphatic carbocycles. The lowest BCUT2D eigenvalue weighted by molar-refractivity contribution is 0.0940. The first-order valence-corrected chi connectivity index (χ1v) is 9.49. The van der Waals surface area contributed by atoms with E-state index in [1.807, 2.05) is 19.1 Å². The zero-order valence-corrected chi connectivity index (χ0v) is 15.9. The van der Waals surface area contributed by atoms with Crippen LogP contribution < -0.4 is 5.32 Å². The minimum Gasteiger partial charge on any atom is -0.465 e. The molecule has 0 saturated heterocycles. The molecule has 7 nitrogen and oxygen atoms in total. The largest absolute Gasteiger partial charge is 0.465 e. The van der Waals surface area contributed by atoms with Gasteiger partial charge in [-0.15, -0.1) is 0 Å². The maximum atomic E-state index is 12.5. The highest BCUT2D eigenvalue weighted by atomic mass is 32.2. The molecule has 0 bridgehead atoms. The summed E-state index contributed by atoms with van der Waals surface area (Å²) in [6.45, 7) is 2.13.